The Morgan fingerprint density at radius 3 is 3.06 bits per heavy atom. The quantitative estimate of drug-likeness (QED) is 0.460. The summed E-state index contributed by atoms with van der Waals surface area (Å²) in [6.07, 6.45) is 7.52. The molecule has 0 bridgehead atoms. The molecule has 2 heterocycles. The lowest BCUT2D eigenvalue weighted by atomic mass is 10.3. The second kappa shape index (κ2) is 6.28. The summed E-state index contributed by atoms with van der Waals surface area (Å²) in [7, 11) is 0. The zero-order valence-electron chi connectivity index (χ0n) is 9.51. The molecule has 5 heteroatoms. The van der Waals surface area contributed by atoms with Crippen LogP contribution in [0.25, 0.3) is 5.65 Å². The van der Waals surface area contributed by atoms with Gasteiger partial charge in [0.25, 0.3) is 0 Å². The third-order valence-corrected chi connectivity index (χ3v) is 4.20. The molecule has 0 aliphatic heterocycles. The predicted molar refractivity (Wildman–Crippen MR) is 71.9 cm³/mol. The van der Waals surface area contributed by atoms with E-state index in [2.05, 4.69) is 4.98 Å². The number of pyridine rings is 1. The van der Waals surface area contributed by atoms with Gasteiger partial charge in [0, 0.05) is 30.0 Å². The molecule has 1 unspecified atom stereocenters. The Labute approximate surface area is 109 Å². The van der Waals surface area contributed by atoms with E-state index in [1.54, 1.807) is 6.20 Å². The van der Waals surface area contributed by atoms with Gasteiger partial charge in [-0.1, -0.05) is 0 Å². The van der Waals surface area contributed by atoms with Crippen molar-refractivity contribution in [2.45, 2.75) is 18.6 Å². The Balaban J connectivity index is 1.93. The van der Waals surface area contributed by atoms with Crippen molar-refractivity contribution in [1.29, 1.82) is 0 Å². The maximum Gasteiger partial charge on any atom is 0.136 e. The van der Waals surface area contributed by atoms with Gasteiger partial charge >= 0.3 is 0 Å². The first-order valence-electron chi connectivity index (χ1n) is 5.62. The number of alkyl halides is 1. The Hall–Kier alpha value is -0.710. The Morgan fingerprint density at radius 1 is 1.35 bits per heavy atom. The topological polar surface area (TPSA) is 40.4 Å². The van der Waals surface area contributed by atoms with Gasteiger partial charge in [0.2, 0.25) is 0 Å². The van der Waals surface area contributed by atoms with E-state index < -0.39 is 11.2 Å². The molecule has 17 heavy (non-hydrogen) atoms. The van der Waals surface area contributed by atoms with Crippen LogP contribution in [0.15, 0.2) is 30.7 Å². The van der Waals surface area contributed by atoms with Crippen molar-refractivity contribution < 1.29 is 4.55 Å². The van der Waals surface area contributed by atoms with Crippen LogP contribution in [0.1, 0.15) is 18.4 Å². The summed E-state index contributed by atoms with van der Waals surface area (Å²) in [6.45, 7) is 0. The first kappa shape index (κ1) is 12.7. The average molecular weight is 271 g/mol. The molecule has 3 nitrogen and oxygen atoms in total. The largest absolute Gasteiger partial charge is 0.616 e. The van der Waals surface area contributed by atoms with E-state index in [1.165, 1.54) is 0 Å². The molecule has 92 valence electrons. The van der Waals surface area contributed by atoms with Crippen molar-refractivity contribution in [2.75, 3.05) is 11.6 Å². The zero-order valence-corrected chi connectivity index (χ0v) is 11.1. The van der Waals surface area contributed by atoms with Crippen LogP contribution in [0.2, 0.25) is 0 Å². The molecule has 1 atom stereocenters. The van der Waals surface area contributed by atoms with Gasteiger partial charge in [-0.25, -0.2) is 4.98 Å². The highest BCUT2D eigenvalue weighted by atomic mass is 35.5. The normalized spacial score (nSPS) is 13.1. The second-order valence-corrected chi connectivity index (χ2v) is 5.87. The molecule has 0 aromatic carbocycles. The Kier molecular flexibility index (Phi) is 4.71. The van der Waals surface area contributed by atoms with E-state index in [0.29, 0.717) is 11.6 Å². The molecule has 0 saturated heterocycles. The fourth-order valence-electron chi connectivity index (χ4n) is 1.67. The minimum Gasteiger partial charge on any atom is -0.616 e. The molecule has 0 aliphatic carbocycles. The number of fused-ring (bicyclic) bond motifs is 1. The molecule has 2 aromatic rings. The number of halogens is 1. The average Bonchev–Trinajstić information content (AvgIpc) is 2.76. The smallest absolute Gasteiger partial charge is 0.136 e. The number of hydrogen-bond donors (Lipinski definition) is 0. The minimum atomic E-state index is -0.796. The monoisotopic (exact) mass is 270 g/mol. The highest BCUT2D eigenvalue weighted by Crippen LogP contribution is 2.10. The lowest BCUT2D eigenvalue weighted by molar-refractivity contribution is 0.591. The van der Waals surface area contributed by atoms with E-state index in [1.807, 2.05) is 28.9 Å². The van der Waals surface area contributed by atoms with E-state index in [9.17, 15) is 4.55 Å². The summed E-state index contributed by atoms with van der Waals surface area (Å²) in [6, 6.07) is 3.94. The molecule has 0 radical (unpaired) electrons. The summed E-state index contributed by atoms with van der Waals surface area (Å²) in [4.78, 5) is 4.17. The molecule has 0 spiro atoms. The number of imidazole rings is 1. The van der Waals surface area contributed by atoms with Crippen LogP contribution in [-0.2, 0) is 16.9 Å². The maximum absolute atomic E-state index is 11.8. The third kappa shape index (κ3) is 3.63. The molecular formula is C12H15ClN2OS. The molecule has 2 aromatic heterocycles. The predicted octanol–water partition coefficient (Wildman–Crippen LogP) is 2.60. The standard InChI is InChI=1S/C12H15ClN2OS/c13-5-1-2-8-17(16)10-11-3-4-12-14-6-7-15(12)9-11/h3-4,6-7,9H,1-2,5,8,10H2. The van der Waals surface area contributed by atoms with Crippen molar-refractivity contribution in [3.8, 4) is 0 Å². The van der Waals surface area contributed by atoms with E-state index in [4.69, 9.17) is 11.6 Å². The van der Waals surface area contributed by atoms with Gasteiger partial charge in [-0.2, -0.15) is 0 Å². The van der Waals surface area contributed by atoms with Crippen LogP contribution >= 0.6 is 11.6 Å². The maximum atomic E-state index is 11.8. The number of aromatic nitrogens is 2. The summed E-state index contributed by atoms with van der Waals surface area (Å²) < 4.78 is 13.8. The molecule has 0 fully saturated rings. The molecule has 2 rings (SSSR count). The fraction of sp³-hybridized carbons (Fsp3) is 0.417. The van der Waals surface area contributed by atoms with Crippen LogP contribution in [0.4, 0.5) is 0 Å². The van der Waals surface area contributed by atoms with Gasteiger partial charge in [-0.3, -0.25) is 0 Å². The second-order valence-electron chi connectivity index (χ2n) is 3.91. The van der Waals surface area contributed by atoms with E-state index in [0.717, 1.165) is 29.8 Å². The summed E-state index contributed by atoms with van der Waals surface area (Å²) in [5, 5.41) is 0. The SMILES string of the molecule is [O-][S+](CCCCCl)Cc1ccc2nccn2c1. The number of nitrogens with zero attached hydrogens (tertiary/aromatic N) is 2. The van der Waals surface area contributed by atoms with Gasteiger partial charge in [0.1, 0.15) is 17.2 Å². The van der Waals surface area contributed by atoms with Crippen LogP contribution < -0.4 is 0 Å². The van der Waals surface area contributed by atoms with Crippen molar-refractivity contribution in [3.63, 3.8) is 0 Å². The van der Waals surface area contributed by atoms with Crippen molar-refractivity contribution in [2.24, 2.45) is 0 Å². The first-order valence-corrected chi connectivity index (χ1v) is 7.64. The zero-order chi connectivity index (χ0) is 12.1. The van der Waals surface area contributed by atoms with E-state index >= 15 is 0 Å². The molecule has 0 saturated carbocycles. The van der Waals surface area contributed by atoms with Crippen LogP contribution in [0, 0.1) is 0 Å². The third-order valence-electron chi connectivity index (χ3n) is 2.53. The summed E-state index contributed by atoms with van der Waals surface area (Å²) in [5.74, 6) is 1.99. The van der Waals surface area contributed by atoms with Gasteiger partial charge in [0.15, 0.2) is 0 Å². The van der Waals surface area contributed by atoms with Crippen LogP contribution in [0.5, 0.6) is 0 Å². The van der Waals surface area contributed by atoms with E-state index in [-0.39, 0.29) is 0 Å². The lowest BCUT2D eigenvalue weighted by Gasteiger charge is -2.10. The van der Waals surface area contributed by atoms with Gasteiger partial charge in [-0.15, -0.1) is 11.6 Å². The van der Waals surface area contributed by atoms with Crippen molar-refractivity contribution in [3.05, 3.63) is 36.3 Å². The van der Waals surface area contributed by atoms with Gasteiger partial charge in [0.05, 0.1) is 0 Å². The highest BCUT2D eigenvalue weighted by molar-refractivity contribution is 7.90. The first-order chi connectivity index (χ1) is 8.29. The summed E-state index contributed by atoms with van der Waals surface area (Å²) in [5.41, 5.74) is 2.00. The minimum absolute atomic E-state index is 0.608. The fourth-order valence-corrected chi connectivity index (χ4v) is 3.07. The Morgan fingerprint density at radius 2 is 2.24 bits per heavy atom. The van der Waals surface area contributed by atoms with Crippen LogP contribution in [-0.4, -0.2) is 25.6 Å². The summed E-state index contributed by atoms with van der Waals surface area (Å²) >= 11 is 4.79. The van der Waals surface area contributed by atoms with Crippen molar-refractivity contribution in [1.82, 2.24) is 9.38 Å². The van der Waals surface area contributed by atoms with Gasteiger partial charge < -0.3 is 8.95 Å². The number of rotatable bonds is 6. The van der Waals surface area contributed by atoms with Crippen LogP contribution in [0.3, 0.4) is 0 Å². The highest BCUT2D eigenvalue weighted by Gasteiger charge is 2.08. The number of unbranched alkanes of at least 4 members (excludes halogenated alkanes) is 1. The molecule has 0 amide bonds. The Bertz CT molecular complexity index is 474. The number of hydrogen-bond acceptors (Lipinski definition) is 2. The lowest BCUT2D eigenvalue weighted by Crippen LogP contribution is -2.10. The molecule has 0 N–H and O–H groups in total. The molecule has 0 aliphatic rings. The molecular weight excluding hydrogens is 256 g/mol. The van der Waals surface area contributed by atoms with Crippen molar-refractivity contribution >= 4 is 28.4 Å². The van der Waals surface area contributed by atoms with Gasteiger partial charge in [-0.05, 0) is 36.2 Å².